The van der Waals surface area contributed by atoms with E-state index in [1.807, 2.05) is 39.0 Å². The fourth-order valence-corrected chi connectivity index (χ4v) is 7.19. The summed E-state index contributed by atoms with van der Waals surface area (Å²) in [4.78, 5) is 18.8. The molecule has 2 aliphatic heterocycles. The second-order valence-corrected chi connectivity index (χ2v) is 13.3. The van der Waals surface area contributed by atoms with E-state index in [4.69, 9.17) is 14.2 Å². The number of hydrogen-bond donors (Lipinski definition) is 0. The maximum absolute atomic E-state index is 16.3. The van der Waals surface area contributed by atoms with E-state index in [1.54, 1.807) is 7.11 Å². The van der Waals surface area contributed by atoms with Crippen LogP contribution in [0.25, 0.3) is 5.70 Å². The number of hydrogen-bond acceptors (Lipinski definition) is 6. The Hall–Kier alpha value is -3.22. The van der Waals surface area contributed by atoms with Crippen LogP contribution in [0.15, 0.2) is 24.3 Å². The first kappa shape index (κ1) is 28.9. The summed E-state index contributed by atoms with van der Waals surface area (Å²) in [6.45, 7) is 15.2. The Morgan fingerprint density at radius 2 is 1.74 bits per heavy atom. The molecule has 0 N–H and O–H groups in total. The number of carbonyl (C=O) groups is 1. The summed E-state index contributed by atoms with van der Waals surface area (Å²) >= 11 is 0. The highest BCUT2D eigenvalue weighted by Gasteiger charge is 2.58. The number of nitrogens with zero attached hydrogens (tertiary/aromatic N) is 2. The third-order valence-electron chi connectivity index (χ3n) is 9.49. The Kier molecular flexibility index (Phi) is 7.22. The monoisotopic (exact) mass is 576 g/mol. The molecule has 2 saturated carbocycles. The Morgan fingerprint density at radius 1 is 1.05 bits per heavy atom. The molecule has 0 bridgehead atoms. The molecular weight excluding hydrogens is 531 g/mol. The fraction of sp³-hybridized carbons (Fsp3) is 0.571. The predicted molar refractivity (Wildman–Crippen MR) is 164 cm³/mol. The number of benzene rings is 2. The minimum atomic E-state index is -0.401. The molecule has 2 aromatic rings. The maximum Gasteiger partial charge on any atom is 0.197 e. The van der Waals surface area contributed by atoms with Crippen LogP contribution in [-0.2, 0) is 11.0 Å². The molecule has 3 fully saturated rings. The zero-order valence-corrected chi connectivity index (χ0v) is 26.2. The SMILES string of the molecule is CCC=C1c2c(cc(OCC)c(OCC)c2F)C2(CC2)N1CC(=O)c1cc(N2CC3CC3C2)c(OC)c(C(C)(C)C)c1. The highest BCUT2D eigenvalue weighted by Crippen LogP contribution is 2.62. The molecule has 1 saturated heterocycles. The quantitative estimate of drug-likeness (QED) is 0.276. The number of halogens is 1. The van der Waals surface area contributed by atoms with Crippen LogP contribution < -0.4 is 19.1 Å². The lowest BCUT2D eigenvalue weighted by molar-refractivity contribution is 0.0938. The van der Waals surface area contributed by atoms with Gasteiger partial charge in [0.15, 0.2) is 23.1 Å². The Balaban J connectivity index is 1.40. The molecule has 2 heterocycles. The molecule has 0 aromatic heterocycles. The van der Waals surface area contributed by atoms with Crippen molar-refractivity contribution in [1.29, 1.82) is 0 Å². The van der Waals surface area contributed by atoms with Gasteiger partial charge in [0.2, 0.25) is 0 Å². The van der Waals surface area contributed by atoms with Gasteiger partial charge in [-0.3, -0.25) is 4.79 Å². The van der Waals surface area contributed by atoms with E-state index in [0.29, 0.717) is 30.1 Å². The van der Waals surface area contributed by atoms with Crippen molar-refractivity contribution in [3.63, 3.8) is 0 Å². The number of anilines is 1. The molecule has 2 atom stereocenters. The van der Waals surface area contributed by atoms with Crippen LogP contribution in [0.4, 0.5) is 10.1 Å². The van der Waals surface area contributed by atoms with E-state index in [9.17, 15) is 4.79 Å². The normalized spacial score (nSPS) is 22.4. The van der Waals surface area contributed by atoms with E-state index in [0.717, 1.165) is 72.4 Å². The van der Waals surface area contributed by atoms with E-state index >= 15 is 4.39 Å². The Morgan fingerprint density at radius 3 is 2.31 bits per heavy atom. The minimum Gasteiger partial charge on any atom is -0.494 e. The van der Waals surface area contributed by atoms with Gasteiger partial charge in [-0.15, -0.1) is 0 Å². The van der Waals surface area contributed by atoms with Crippen LogP contribution in [-0.4, -0.2) is 50.6 Å². The van der Waals surface area contributed by atoms with Gasteiger partial charge in [0.1, 0.15) is 5.75 Å². The summed E-state index contributed by atoms with van der Waals surface area (Å²) in [6, 6.07) is 6.01. The van der Waals surface area contributed by atoms with Crippen molar-refractivity contribution < 1.29 is 23.4 Å². The van der Waals surface area contributed by atoms with Crippen molar-refractivity contribution >= 4 is 17.2 Å². The summed E-state index contributed by atoms with van der Waals surface area (Å²) in [6.07, 6.45) is 5.81. The van der Waals surface area contributed by atoms with Gasteiger partial charge in [0, 0.05) is 35.5 Å². The van der Waals surface area contributed by atoms with Gasteiger partial charge in [-0.1, -0.05) is 33.8 Å². The van der Waals surface area contributed by atoms with E-state index in [2.05, 4.69) is 36.6 Å². The van der Waals surface area contributed by atoms with Crippen LogP contribution in [0.1, 0.15) is 94.3 Å². The van der Waals surface area contributed by atoms with Gasteiger partial charge in [-0.25, -0.2) is 4.39 Å². The van der Waals surface area contributed by atoms with Gasteiger partial charge < -0.3 is 24.0 Å². The molecule has 2 aliphatic carbocycles. The van der Waals surface area contributed by atoms with E-state index in [-0.39, 0.29) is 23.5 Å². The van der Waals surface area contributed by atoms with Crippen molar-refractivity contribution in [1.82, 2.24) is 4.90 Å². The third kappa shape index (κ3) is 4.64. The molecule has 6 rings (SSSR count). The second kappa shape index (κ2) is 10.5. The lowest BCUT2D eigenvalue weighted by Gasteiger charge is -2.31. The Bertz CT molecular complexity index is 1430. The van der Waals surface area contributed by atoms with Crippen molar-refractivity contribution in [2.24, 2.45) is 11.8 Å². The summed E-state index contributed by atoms with van der Waals surface area (Å²) in [5, 5.41) is 0. The number of carbonyl (C=O) groups excluding carboxylic acids is 1. The lowest BCUT2D eigenvalue weighted by atomic mass is 9.84. The average molecular weight is 577 g/mol. The van der Waals surface area contributed by atoms with Crippen LogP contribution in [0.3, 0.4) is 0 Å². The first-order valence-electron chi connectivity index (χ1n) is 15.7. The Labute approximate surface area is 249 Å². The van der Waals surface area contributed by atoms with Crippen molar-refractivity contribution in [2.45, 2.75) is 78.2 Å². The molecule has 2 unspecified atom stereocenters. The minimum absolute atomic E-state index is 0.0327. The van der Waals surface area contributed by atoms with Crippen LogP contribution in [0.2, 0.25) is 0 Å². The van der Waals surface area contributed by atoms with Gasteiger partial charge in [0.05, 0.1) is 38.1 Å². The fourth-order valence-electron chi connectivity index (χ4n) is 7.19. The summed E-state index contributed by atoms with van der Waals surface area (Å²) < 4.78 is 33.9. The standard InChI is InChI=1S/C35H45FN2O4/c1-8-11-26-30-24(17-29(41-9-2)33(31(30)36)42-10-3)35(12-13-35)38(26)20-28(39)21-15-25(34(4,5)6)32(40-7)27(16-21)37-18-22-14-23(22)19-37/h11,15-17,22-23H,8-10,12-14,18-20H2,1-7H3. The number of methoxy groups -OCH3 is 1. The maximum atomic E-state index is 16.3. The molecule has 226 valence electrons. The molecule has 1 spiro atoms. The number of ether oxygens (including phenoxy) is 3. The number of fused-ring (bicyclic) bond motifs is 3. The van der Waals surface area contributed by atoms with Gasteiger partial charge in [-0.2, -0.15) is 0 Å². The topological polar surface area (TPSA) is 51.2 Å². The van der Waals surface area contributed by atoms with Gasteiger partial charge in [-0.05, 0) is 80.5 Å². The van der Waals surface area contributed by atoms with E-state index < -0.39 is 11.4 Å². The molecule has 2 aromatic carbocycles. The lowest BCUT2D eigenvalue weighted by Crippen LogP contribution is -2.33. The number of piperidine rings is 1. The zero-order valence-electron chi connectivity index (χ0n) is 26.2. The number of allylic oxidation sites excluding steroid dienone is 1. The zero-order chi connectivity index (χ0) is 30.0. The first-order valence-corrected chi connectivity index (χ1v) is 15.7. The highest BCUT2D eigenvalue weighted by molar-refractivity contribution is 6.00. The number of ketones is 1. The number of Topliss-reactive ketones (excluding diaryl/α,β-unsaturated/α-hetero) is 1. The van der Waals surface area contributed by atoms with Gasteiger partial charge >= 0.3 is 0 Å². The van der Waals surface area contributed by atoms with Crippen molar-refractivity contribution in [3.05, 3.63) is 52.3 Å². The smallest absolute Gasteiger partial charge is 0.197 e. The average Bonchev–Trinajstić information content (AvgIpc) is 3.86. The molecule has 4 aliphatic rings. The molecule has 0 radical (unpaired) electrons. The van der Waals surface area contributed by atoms with Gasteiger partial charge in [0.25, 0.3) is 0 Å². The molecule has 7 heteroatoms. The highest BCUT2D eigenvalue weighted by atomic mass is 19.1. The third-order valence-corrected chi connectivity index (χ3v) is 9.49. The van der Waals surface area contributed by atoms with E-state index in [1.165, 1.54) is 6.42 Å². The summed E-state index contributed by atoms with van der Waals surface area (Å²) in [7, 11) is 1.73. The van der Waals surface area contributed by atoms with Crippen LogP contribution in [0.5, 0.6) is 17.2 Å². The van der Waals surface area contributed by atoms with Crippen LogP contribution in [0, 0.1) is 17.7 Å². The molecule has 0 amide bonds. The summed E-state index contributed by atoms with van der Waals surface area (Å²) in [5.74, 6) is 2.60. The largest absolute Gasteiger partial charge is 0.494 e. The van der Waals surface area contributed by atoms with Crippen molar-refractivity contribution in [2.75, 3.05) is 44.9 Å². The molecule has 6 nitrogen and oxygen atoms in total. The predicted octanol–water partition coefficient (Wildman–Crippen LogP) is 7.32. The summed E-state index contributed by atoms with van der Waals surface area (Å²) in [5.41, 5.74) is 4.37. The molecular formula is C35H45FN2O4. The van der Waals surface area contributed by atoms with Crippen molar-refractivity contribution in [3.8, 4) is 17.2 Å². The van der Waals surface area contributed by atoms with Crippen LogP contribution >= 0.6 is 0 Å². The second-order valence-electron chi connectivity index (χ2n) is 13.3. The molecule has 42 heavy (non-hydrogen) atoms. The first-order chi connectivity index (χ1) is 20.1. The number of rotatable bonds is 10.